The Labute approximate surface area is 243 Å². The molecule has 0 saturated carbocycles. The molecule has 2 saturated heterocycles. The van der Waals surface area contributed by atoms with Gasteiger partial charge in [0.2, 0.25) is 12.2 Å². The molecule has 2 N–H and O–H groups in total. The maximum atomic E-state index is 13.8. The highest BCUT2D eigenvalue weighted by atomic mass is 19.1. The van der Waals surface area contributed by atoms with Crippen LogP contribution in [0.15, 0.2) is 66.9 Å². The van der Waals surface area contributed by atoms with E-state index in [1.54, 1.807) is 30.5 Å². The normalized spacial score (nSPS) is 21.3. The number of nitrogens with zero attached hydrogens (tertiary/aromatic N) is 5. The Balaban J connectivity index is 1.21. The lowest BCUT2D eigenvalue weighted by molar-refractivity contribution is -0.231. The summed E-state index contributed by atoms with van der Waals surface area (Å²) in [6, 6.07) is 17.1. The fourth-order valence-corrected chi connectivity index (χ4v) is 5.04. The predicted molar refractivity (Wildman–Crippen MR) is 156 cm³/mol. The summed E-state index contributed by atoms with van der Waals surface area (Å²) in [6.07, 6.45) is 1.00. The molecule has 0 bridgehead atoms. The first-order valence-corrected chi connectivity index (χ1v) is 14.1. The van der Waals surface area contributed by atoms with Gasteiger partial charge in [0.25, 0.3) is 5.91 Å². The molecule has 2 aromatic carbocycles. The molecule has 2 aliphatic heterocycles. The first-order chi connectivity index (χ1) is 20.4. The van der Waals surface area contributed by atoms with E-state index in [9.17, 15) is 9.18 Å². The molecule has 10 nitrogen and oxygen atoms in total. The first kappa shape index (κ1) is 28.0. The van der Waals surface area contributed by atoms with Gasteiger partial charge in [0.1, 0.15) is 5.82 Å². The molecular weight excluding hydrogens is 537 g/mol. The van der Waals surface area contributed by atoms with Crippen LogP contribution < -0.4 is 10.2 Å². The second kappa shape index (κ2) is 12.0. The molecule has 4 heterocycles. The van der Waals surface area contributed by atoms with Crippen LogP contribution in [-0.2, 0) is 9.47 Å². The zero-order valence-electron chi connectivity index (χ0n) is 23.7. The second-order valence-electron chi connectivity index (χ2n) is 11.2. The minimum Gasteiger partial charge on any atom is -0.351 e. The molecule has 2 aliphatic rings. The van der Waals surface area contributed by atoms with Gasteiger partial charge in [-0.25, -0.2) is 19.3 Å². The number of likely N-dealkylation sites (N-methyl/N-ethyl adjacent to an activating group) is 1. The van der Waals surface area contributed by atoms with Crippen molar-refractivity contribution in [1.29, 1.82) is 0 Å². The fourth-order valence-electron chi connectivity index (χ4n) is 5.04. The highest BCUT2D eigenvalue weighted by Gasteiger charge is 2.36. The van der Waals surface area contributed by atoms with Gasteiger partial charge in [0.15, 0.2) is 5.82 Å². The Morgan fingerprint density at radius 2 is 1.74 bits per heavy atom. The summed E-state index contributed by atoms with van der Waals surface area (Å²) >= 11 is 0. The van der Waals surface area contributed by atoms with Crippen molar-refractivity contribution >= 4 is 11.9 Å². The summed E-state index contributed by atoms with van der Waals surface area (Å²) in [5.74, 6) is 0.673. The number of carbonyl (C=O) groups is 1. The lowest BCUT2D eigenvalue weighted by atomic mass is 9.92. The largest absolute Gasteiger partial charge is 0.351 e. The number of carbonyl (C=O) groups excluding carboxylic acids is 1. The van der Waals surface area contributed by atoms with E-state index < -0.39 is 11.7 Å². The maximum Gasteiger partial charge on any atom is 0.251 e. The van der Waals surface area contributed by atoms with Gasteiger partial charge in [-0.15, -0.1) is 0 Å². The molecule has 0 unspecified atom stereocenters. The smallest absolute Gasteiger partial charge is 0.251 e. The number of benzene rings is 2. The van der Waals surface area contributed by atoms with Gasteiger partial charge in [-0.3, -0.25) is 4.79 Å². The number of hydrogen-bond acceptors (Lipinski definition) is 8. The van der Waals surface area contributed by atoms with E-state index in [0.29, 0.717) is 54.2 Å². The zero-order valence-corrected chi connectivity index (χ0v) is 23.7. The summed E-state index contributed by atoms with van der Waals surface area (Å²) in [6.45, 7) is 6.67. The third kappa shape index (κ3) is 6.18. The van der Waals surface area contributed by atoms with Crippen LogP contribution in [0.2, 0.25) is 0 Å². The number of H-pyrrole nitrogens is 1. The Bertz CT molecular complexity index is 1510. The van der Waals surface area contributed by atoms with Gasteiger partial charge >= 0.3 is 0 Å². The fraction of sp³-hybridized carbons (Fsp3) is 0.355. The van der Waals surface area contributed by atoms with Crippen molar-refractivity contribution in [3.63, 3.8) is 0 Å². The number of piperazine rings is 1. The number of anilines is 1. The molecule has 0 atom stereocenters. The van der Waals surface area contributed by atoms with E-state index in [1.165, 1.54) is 12.1 Å². The van der Waals surface area contributed by atoms with Crippen molar-refractivity contribution in [2.75, 3.05) is 57.9 Å². The summed E-state index contributed by atoms with van der Waals surface area (Å²) in [5, 5.41) is 2.99. The van der Waals surface area contributed by atoms with E-state index in [4.69, 9.17) is 19.4 Å². The number of ether oxygens (including phenoxy) is 2. The van der Waals surface area contributed by atoms with E-state index in [-0.39, 0.29) is 11.7 Å². The molecule has 42 heavy (non-hydrogen) atoms. The van der Waals surface area contributed by atoms with E-state index in [2.05, 4.69) is 32.1 Å². The SMILES string of the molecule is CN1CCN(c2nccc(-c3[nH]c(C4OCC(C)(CNC(=O)c5ccccc5)CO4)nc3-c3ccc(F)cc3)n2)CC1. The lowest BCUT2D eigenvalue weighted by Crippen LogP contribution is -2.45. The van der Waals surface area contributed by atoms with Crippen LogP contribution in [0.25, 0.3) is 22.6 Å². The van der Waals surface area contributed by atoms with Crippen LogP contribution in [0.5, 0.6) is 0 Å². The summed E-state index contributed by atoms with van der Waals surface area (Å²) in [5.41, 5.74) is 2.88. The molecule has 0 spiro atoms. The van der Waals surface area contributed by atoms with Gasteiger partial charge in [-0.1, -0.05) is 25.1 Å². The number of rotatable bonds is 7. The number of hydrogen-bond donors (Lipinski definition) is 2. The number of nitrogens with one attached hydrogen (secondary N) is 2. The van der Waals surface area contributed by atoms with Crippen LogP contribution in [0, 0.1) is 11.2 Å². The van der Waals surface area contributed by atoms with Gasteiger partial charge < -0.3 is 29.6 Å². The molecular formula is C31H34FN7O3. The lowest BCUT2D eigenvalue weighted by Gasteiger charge is -2.36. The number of halogens is 1. The molecule has 2 aromatic heterocycles. The summed E-state index contributed by atoms with van der Waals surface area (Å²) < 4.78 is 26.0. The van der Waals surface area contributed by atoms with E-state index >= 15 is 0 Å². The minimum absolute atomic E-state index is 0.139. The first-order valence-electron chi connectivity index (χ1n) is 14.1. The zero-order chi connectivity index (χ0) is 29.1. The molecule has 0 radical (unpaired) electrons. The van der Waals surface area contributed by atoms with E-state index in [1.807, 2.05) is 31.2 Å². The van der Waals surface area contributed by atoms with Crippen molar-refractivity contribution in [3.8, 4) is 22.6 Å². The highest BCUT2D eigenvalue weighted by molar-refractivity contribution is 5.94. The number of amides is 1. The van der Waals surface area contributed by atoms with Crippen molar-refractivity contribution in [3.05, 3.63) is 84.1 Å². The number of aromatic nitrogens is 4. The van der Waals surface area contributed by atoms with Crippen LogP contribution in [0.4, 0.5) is 10.3 Å². The Kier molecular flexibility index (Phi) is 7.96. The van der Waals surface area contributed by atoms with Crippen molar-refractivity contribution in [2.24, 2.45) is 5.41 Å². The van der Waals surface area contributed by atoms with Gasteiger partial charge in [-0.2, -0.15) is 0 Å². The van der Waals surface area contributed by atoms with Crippen molar-refractivity contribution < 1.29 is 18.7 Å². The van der Waals surface area contributed by atoms with Crippen LogP contribution in [0.1, 0.15) is 29.4 Å². The van der Waals surface area contributed by atoms with Crippen molar-refractivity contribution in [1.82, 2.24) is 30.2 Å². The van der Waals surface area contributed by atoms with Gasteiger partial charge in [0, 0.05) is 55.5 Å². The van der Waals surface area contributed by atoms with Gasteiger partial charge in [0.05, 0.1) is 30.3 Å². The molecule has 0 aliphatic carbocycles. The Morgan fingerprint density at radius 1 is 1.02 bits per heavy atom. The number of imidazole rings is 1. The van der Waals surface area contributed by atoms with Gasteiger partial charge in [-0.05, 0) is 49.5 Å². The van der Waals surface area contributed by atoms with Crippen LogP contribution >= 0.6 is 0 Å². The minimum atomic E-state index is -0.741. The topological polar surface area (TPSA) is 109 Å². The highest BCUT2D eigenvalue weighted by Crippen LogP contribution is 2.35. The Hall–Kier alpha value is -4.19. The average molecular weight is 572 g/mol. The van der Waals surface area contributed by atoms with Crippen LogP contribution in [0.3, 0.4) is 0 Å². The molecule has 11 heteroatoms. The van der Waals surface area contributed by atoms with Crippen LogP contribution in [-0.4, -0.2) is 83.7 Å². The molecule has 4 aromatic rings. The molecule has 218 valence electrons. The maximum absolute atomic E-state index is 13.8. The third-order valence-corrected chi connectivity index (χ3v) is 7.63. The predicted octanol–water partition coefficient (Wildman–Crippen LogP) is 3.91. The summed E-state index contributed by atoms with van der Waals surface area (Å²) in [4.78, 5) is 34.6. The Morgan fingerprint density at radius 3 is 2.45 bits per heavy atom. The molecule has 2 fully saturated rings. The quantitative estimate of drug-likeness (QED) is 0.344. The average Bonchev–Trinajstić information content (AvgIpc) is 3.47. The van der Waals surface area contributed by atoms with Crippen molar-refractivity contribution in [2.45, 2.75) is 13.2 Å². The standard InChI is InChI=1S/C31H34FN7O3/c1-31(18-34-28(40)22-6-4-3-5-7-22)19-41-29(42-20-31)27-36-25(21-8-10-23(32)11-9-21)26(37-27)24-12-13-33-30(35-24)39-16-14-38(2)15-17-39/h3-13,29H,14-20H2,1-2H3,(H,34,40)(H,36,37). The number of aromatic amines is 1. The monoisotopic (exact) mass is 571 g/mol. The van der Waals surface area contributed by atoms with E-state index in [0.717, 1.165) is 31.7 Å². The third-order valence-electron chi connectivity index (χ3n) is 7.63. The summed E-state index contributed by atoms with van der Waals surface area (Å²) in [7, 11) is 2.11. The molecule has 6 rings (SSSR count). The second-order valence-corrected chi connectivity index (χ2v) is 11.2. The molecule has 1 amide bonds.